The minimum absolute atomic E-state index is 0.0870. The van der Waals surface area contributed by atoms with Gasteiger partial charge in [0.1, 0.15) is 11.6 Å². The number of aryl methyl sites for hydroxylation is 3. The molecule has 0 aliphatic carbocycles. The summed E-state index contributed by atoms with van der Waals surface area (Å²) in [7, 11) is 0. The van der Waals surface area contributed by atoms with Crippen LogP contribution in [0.3, 0.4) is 0 Å². The van der Waals surface area contributed by atoms with E-state index in [-0.39, 0.29) is 36.7 Å². The molecule has 2 aliphatic heterocycles. The molecular weight excluding hydrogens is 574 g/mol. The Kier molecular flexibility index (Phi) is 8.34. The van der Waals surface area contributed by atoms with Gasteiger partial charge in [0.25, 0.3) is 5.91 Å². The maximum atomic E-state index is 14.1. The van der Waals surface area contributed by atoms with Crippen molar-refractivity contribution in [3.05, 3.63) is 87.3 Å². The quantitative estimate of drug-likeness (QED) is 0.281. The molecule has 2 saturated heterocycles. The molecule has 44 heavy (non-hydrogen) atoms. The number of carbonyl (C=O) groups excluding carboxylic acids is 2. The topological polar surface area (TPSA) is 88.7 Å². The zero-order valence-corrected chi connectivity index (χ0v) is 27.2. The van der Waals surface area contributed by atoms with Gasteiger partial charge in [-0.25, -0.2) is 9.48 Å². The number of thiophene rings is 1. The van der Waals surface area contributed by atoms with E-state index in [1.165, 1.54) is 4.88 Å². The first-order valence-corrected chi connectivity index (χ1v) is 16.1. The number of hydrogen-bond acceptors (Lipinski definition) is 7. The molecule has 0 spiro atoms. The van der Waals surface area contributed by atoms with Crippen LogP contribution in [-0.4, -0.2) is 84.5 Å². The Morgan fingerprint density at radius 2 is 1.57 bits per heavy atom. The molecule has 2 atom stereocenters. The minimum atomic E-state index is -0.306. The van der Waals surface area contributed by atoms with Gasteiger partial charge in [-0.05, 0) is 64.8 Å². The average molecular weight is 616 g/mol. The fraction of sp³-hybridized carbons (Fsp3) is 0.455. The van der Waals surface area contributed by atoms with Crippen molar-refractivity contribution in [2.45, 2.75) is 72.8 Å². The molecule has 11 heteroatoms. The number of nitrogens with zero attached hydrogens (tertiary/aromatic N) is 7. The fourth-order valence-electron chi connectivity index (χ4n) is 6.33. The SMILES string of the molecule is Cc1sc(-n2c(C)ccc2C)c(C(=O)N2C[C@@H](C)N(Cc3cn(C4CN(C(=O)OCc5ccccc5)C4)nn3)[C@@H](C)C2)c1C. The van der Waals surface area contributed by atoms with Crippen LogP contribution in [0.5, 0.6) is 0 Å². The van der Waals surface area contributed by atoms with Gasteiger partial charge in [0.2, 0.25) is 0 Å². The highest BCUT2D eigenvalue weighted by Crippen LogP contribution is 2.35. The summed E-state index contributed by atoms with van der Waals surface area (Å²) in [6.07, 6.45) is 1.68. The zero-order chi connectivity index (χ0) is 31.1. The molecule has 0 bridgehead atoms. The molecule has 10 nitrogen and oxygen atoms in total. The van der Waals surface area contributed by atoms with Crippen molar-refractivity contribution in [3.63, 3.8) is 0 Å². The van der Waals surface area contributed by atoms with E-state index in [1.807, 2.05) is 46.1 Å². The Hall–Kier alpha value is -3.96. The highest BCUT2D eigenvalue weighted by Gasteiger charge is 2.36. The van der Waals surface area contributed by atoms with E-state index in [9.17, 15) is 9.59 Å². The summed E-state index contributed by atoms with van der Waals surface area (Å²) in [5.74, 6) is 0.107. The highest BCUT2D eigenvalue weighted by atomic mass is 32.1. The molecule has 5 heterocycles. The highest BCUT2D eigenvalue weighted by molar-refractivity contribution is 7.15. The third kappa shape index (κ3) is 5.78. The van der Waals surface area contributed by atoms with E-state index in [0.29, 0.717) is 32.7 Å². The third-order valence-electron chi connectivity index (χ3n) is 9.05. The second kappa shape index (κ2) is 12.2. The van der Waals surface area contributed by atoms with Gasteiger partial charge in [0.05, 0.1) is 23.5 Å². The number of hydrogen-bond donors (Lipinski definition) is 0. The van der Waals surface area contributed by atoms with Crippen molar-refractivity contribution in [1.29, 1.82) is 0 Å². The van der Waals surface area contributed by atoms with Crippen LogP contribution in [0.2, 0.25) is 0 Å². The maximum Gasteiger partial charge on any atom is 0.410 e. The summed E-state index contributed by atoms with van der Waals surface area (Å²) in [6.45, 7) is 16.0. The van der Waals surface area contributed by atoms with Crippen molar-refractivity contribution < 1.29 is 14.3 Å². The van der Waals surface area contributed by atoms with Gasteiger partial charge in [0.15, 0.2) is 0 Å². The summed E-state index contributed by atoms with van der Waals surface area (Å²) < 4.78 is 9.52. The van der Waals surface area contributed by atoms with Crippen LogP contribution in [0.1, 0.15) is 63.3 Å². The van der Waals surface area contributed by atoms with Crippen LogP contribution in [0, 0.1) is 27.7 Å². The third-order valence-corrected chi connectivity index (χ3v) is 10.2. The van der Waals surface area contributed by atoms with E-state index < -0.39 is 0 Å². The van der Waals surface area contributed by atoms with Crippen molar-refractivity contribution in [3.8, 4) is 5.00 Å². The monoisotopic (exact) mass is 615 g/mol. The van der Waals surface area contributed by atoms with Crippen molar-refractivity contribution in [2.75, 3.05) is 26.2 Å². The Bertz CT molecular complexity index is 1620. The predicted molar refractivity (Wildman–Crippen MR) is 170 cm³/mol. The first-order chi connectivity index (χ1) is 21.1. The molecule has 6 rings (SSSR count). The number of carbonyl (C=O) groups is 2. The normalized spacial score (nSPS) is 19.3. The van der Waals surface area contributed by atoms with Crippen LogP contribution < -0.4 is 0 Å². The van der Waals surface area contributed by atoms with Crippen molar-refractivity contribution in [1.82, 2.24) is 34.3 Å². The lowest BCUT2D eigenvalue weighted by Gasteiger charge is -2.44. The number of piperazine rings is 1. The molecule has 0 unspecified atom stereocenters. The minimum Gasteiger partial charge on any atom is -0.445 e. The summed E-state index contributed by atoms with van der Waals surface area (Å²) in [5, 5.41) is 9.85. The second-order valence-corrected chi connectivity index (χ2v) is 13.5. The molecule has 0 saturated carbocycles. The number of likely N-dealkylation sites (tertiary alicyclic amines) is 1. The number of amides is 2. The van der Waals surface area contributed by atoms with Crippen LogP contribution in [0.25, 0.3) is 5.00 Å². The van der Waals surface area contributed by atoms with E-state index in [2.05, 4.69) is 73.5 Å². The molecule has 4 aromatic rings. The summed E-state index contributed by atoms with van der Waals surface area (Å²) >= 11 is 1.70. The Balaban J connectivity index is 1.05. The number of benzene rings is 1. The Labute approximate surface area is 262 Å². The molecule has 2 amide bonds. The van der Waals surface area contributed by atoms with Gasteiger partial charge in [0, 0.05) is 61.1 Å². The van der Waals surface area contributed by atoms with Crippen LogP contribution in [0.4, 0.5) is 4.79 Å². The summed E-state index contributed by atoms with van der Waals surface area (Å²) in [5.41, 5.74) is 6.02. The number of rotatable bonds is 7. The molecule has 232 valence electrons. The van der Waals surface area contributed by atoms with Gasteiger partial charge in [-0.2, -0.15) is 0 Å². The maximum absolute atomic E-state index is 14.1. The van der Waals surface area contributed by atoms with Crippen LogP contribution in [-0.2, 0) is 17.9 Å². The fourth-order valence-corrected chi connectivity index (χ4v) is 7.60. The summed E-state index contributed by atoms with van der Waals surface area (Å²) in [6, 6.07) is 14.3. The van der Waals surface area contributed by atoms with Crippen molar-refractivity contribution in [2.24, 2.45) is 0 Å². The lowest BCUT2D eigenvalue weighted by atomic mass is 10.0. The lowest BCUT2D eigenvalue weighted by Crippen LogP contribution is -2.57. The van der Waals surface area contributed by atoms with Gasteiger partial charge in [-0.3, -0.25) is 9.69 Å². The molecular formula is C33H41N7O3S. The van der Waals surface area contributed by atoms with Crippen LogP contribution in [0.15, 0.2) is 48.7 Å². The first kappa shape index (κ1) is 30.1. The lowest BCUT2D eigenvalue weighted by molar-refractivity contribution is 0.0264. The van der Waals surface area contributed by atoms with E-state index in [1.54, 1.807) is 16.2 Å². The average Bonchev–Trinajstić information content (AvgIpc) is 3.65. The van der Waals surface area contributed by atoms with Gasteiger partial charge in [-0.1, -0.05) is 35.5 Å². The molecule has 1 aromatic carbocycles. The van der Waals surface area contributed by atoms with Gasteiger partial charge < -0.3 is 19.1 Å². The predicted octanol–water partition coefficient (Wildman–Crippen LogP) is 5.29. The van der Waals surface area contributed by atoms with E-state index >= 15 is 0 Å². The van der Waals surface area contributed by atoms with E-state index in [4.69, 9.17) is 4.74 Å². The molecule has 0 N–H and O–H groups in total. The standard InChI is InChI=1S/C33H41N7O3S/c1-21-12-13-22(2)40(21)32-30(25(5)26(6)44-32)31(41)36-14-23(3)38(24(4)15-36)16-28-17-39(35-34-28)29-18-37(19-29)33(42)43-20-27-10-8-7-9-11-27/h7-13,17,23-24,29H,14-16,18-20H2,1-6H3/t23-,24+. The molecule has 2 fully saturated rings. The zero-order valence-electron chi connectivity index (χ0n) is 26.4. The Morgan fingerprint density at radius 1 is 0.909 bits per heavy atom. The molecule has 3 aromatic heterocycles. The van der Waals surface area contributed by atoms with Gasteiger partial charge in [-0.15, -0.1) is 16.4 Å². The molecule has 2 aliphatic rings. The first-order valence-electron chi connectivity index (χ1n) is 15.3. The largest absolute Gasteiger partial charge is 0.445 e. The molecule has 0 radical (unpaired) electrons. The Morgan fingerprint density at radius 3 is 2.23 bits per heavy atom. The second-order valence-electron chi connectivity index (χ2n) is 12.3. The van der Waals surface area contributed by atoms with E-state index in [0.717, 1.165) is 38.8 Å². The smallest absolute Gasteiger partial charge is 0.410 e. The number of aromatic nitrogens is 4. The van der Waals surface area contributed by atoms with Crippen LogP contribution >= 0.6 is 11.3 Å². The number of ether oxygens (including phenoxy) is 1. The summed E-state index contributed by atoms with van der Waals surface area (Å²) in [4.78, 5) is 33.8. The van der Waals surface area contributed by atoms with Crippen molar-refractivity contribution >= 4 is 23.3 Å². The van der Waals surface area contributed by atoms with Gasteiger partial charge >= 0.3 is 6.09 Å².